The quantitative estimate of drug-likeness (QED) is 0.639. The minimum Gasteiger partial charge on any atom is -0.389 e. The van der Waals surface area contributed by atoms with Gasteiger partial charge in [0.25, 0.3) is 0 Å². The Morgan fingerprint density at radius 2 is 2.21 bits per heavy atom. The summed E-state index contributed by atoms with van der Waals surface area (Å²) in [6, 6.07) is 0. The van der Waals surface area contributed by atoms with Gasteiger partial charge in [0.1, 0.15) is 5.82 Å². The Labute approximate surface area is 84.8 Å². The molecule has 4 nitrogen and oxygen atoms in total. The van der Waals surface area contributed by atoms with Crippen molar-refractivity contribution in [1.82, 2.24) is 15.3 Å². The van der Waals surface area contributed by atoms with Crippen LogP contribution in [0.4, 0.5) is 0 Å². The van der Waals surface area contributed by atoms with Crippen molar-refractivity contribution in [3.8, 4) is 0 Å². The van der Waals surface area contributed by atoms with Crippen LogP contribution < -0.4 is 5.32 Å². The van der Waals surface area contributed by atoms with Gasteiger partial charge in [-0.15, -0.1) is 0 Å². The first-order chi connectivity index (χ1) is 6.70. The smallest absolute Gasteiger partial charge is 0.120 e. The summed E-state index contributed by atoms with van der Waals surface area (Å²) >= 11 is 0. The highest BCUT2D eigenvalue weighted by molar-refractivity contribution is 4.87. The molecule has 0 atom stereocenters. The fourth-order valence-corrected chi connectivity index (χ4v) is 1.31. The van der Waals surface area contributed by atoms with Crippen molar-refractivity contribution in [2.45, 2.75) is 38.8 Å². The second kappa shape index (κ2) is 5.12. The van der Waals surface area contributed by atoms with Crippen LogP contribution in [-0.4, -0.2) is 27.2 Å². The average molecular weight is 197 g/mol. The van der Waals surface area contributed by atoms with Crippen LogP contribution in [0.3, 0.4) is 0 Å². The van der Waals surface area contributed by atoms with E-state index in [2.05, 4.69) is 15.3 Å². The third-order valence-electron chi connectivity index (χ3n) is 2.62. The molecule has 3 N–H and O–H groups in total. The fraction of sp³-hybridized carbons (Fsp3) is 0.700. The number of hydrogen-bond acceptors (Lipinski definition) is 3. The van der Waals surface area contributed by atoms with Gasteiger partial charge in [0, 0.05) is 18.9 Å². The maximum Gasteiger partial charge on any atom is 0.120 e. The monoisotopic (exact) mass is 197 g/mol. The Kier molecular flexibility index (Phi) is 4.10. The van der Waals surface area contributed by atoms with Crippen LogP contribution >= 0.6 is 0 Å². The van der Waals surface area contributed by atoms with E-state index in [0.717, 1.165) is 18.7 Å². The minimum absolute atomic E-state index is 0.577. The molecule has 0 saturated heterocycles. The van der Waals surface area contributed by atoms with Gasteiger partial charge in [-0.3, -0.25) is 0 Å². The molecule has 0 aliphatic carbocycles. The average Bonchev–Trinajstić information content (AvgIpc) is 2.70. The third-order valence-corrected chi connectivity index (χ3v) is 2.62. The molecule has 0 amide bonds. The van der Waals surface area contributed by atoms with Gasteiger partial charge in [-0.2, -0.15) is 0 Å². The number of rotatable bonds is 6. The number of nitrogens with zero attached hydrogens (tertiary/aromatic N) is 1. The standard InChI is InChI=1S/C10H19N3O/c1-3-10(14,4-2)8-11-7-9-12-5-6-13-9/h5-6,11,14H,3-4,7-8H2,1-2H3,(H,12,13). The van der Waals surface area contributed by atoms with Crippen molar-refractivity contribution < 1.29 is 5.11 Å². The maximum absolute atomic E-state index is 9.96. The summed E-state index contributed by atoms with van der Waals surface area (Å²) in [5, 5.41) is 13.2. The van der Waals surface area contributed by atoms with Crippen LogP contribution in [0.1, 0.15) is 32.5 Å². The zero-order chi connectivity index (χ0) is 10.4. The molecule has 0 aliphatic rings. The largest absolute Gasteiger partial charge is 0.389 e. The first-order valence-corrected chi connectivity index (χ1v) is 5.11. The molecule has 1 rings (SSSR count). The summed E-state index contributed by atoms with van der Waals surface area (Å²) in [6.45, 7) is 5.28. The van der Waals surface area contributed by atoms with Crippen LogP contribution in [0.5, 0.6) is 0 Å². The van der Waals surface area contributed by atoms with Crippen molar-refractivity contribution in [3.63, 3.8) is 0 Å². The first-order valence-electron chi connectivity index (χ1n) is 5.11. The van der Waals surface area contributed by atoms with E-state index >= 15 is 0 Å². The minimum atomic E-state index is -0.577. The normalized spacial score (nSPS) is 11.9. The number of nitrogens with one attached hydrogen (secondary N) is 2. The molecule has 0 bridgehead atoms. The molecule has 1 aromatic rings. The summed E-state index contributed by atoms with van der Waals surface area (Å²) in [5.41, 5.74) is -0.577. The van der Waals surface area contributed by atoms with E-state index in [-0.39, 0.29) is 0 Å². The summed E-state index contributed by atoms with van der Waals surface area (Å²) < 4.78 is 0. The summed E-state index contributed by atoms with van der Waals surface area (Å²) in [7, 11) is 0. The lowest BCUT2D eigenvalue weighted by Crippen LogP contribution is -2.39. The van der Waals surface area contributed by atoms with E-state index in [4.69, 9.17) is 0 Å². The molecule has 0 unspecified atom stereocenters. The topological polar surface area (TPSA) is 60.9 Å². The van der Waals surface area contributed by atoms with Crippen LogP contribution in [0.15, 0.2) is 12.4 Å². The van der Waals surface area contributed by atoms with Crippen molar-refractivity contribution in [1.29, 1.82) is 0 Å². The number of H-pyrrole nitrogens is 1. The molecular formula is C10H19N3O. The van der Waals surface area contributed by atoms with Crippen LogP contribution in [-0.2, 0) is 6.54 Å². The molecule has 80 valence electrons. The lowest BCUT2D eigenvalue weighted by molar-refractivity contribution is 0.0321. The second-order valence-corrected chi connectivity index (χ2v) is 3.57. The molecular weight excluding hydrogens is 178 g/mol. The second-order valence-electron chi connectivity index (χ2n) is 3.57. The lowest BCUT2D eigenvalue weighted by Gasteiger charge is -2.25. The molecule has 4 heteroatoms. The molecule has 1 heterocycles. The predicted octanol–water partition coefficient (Wildman–Crippen LogP) is 1.05. The molecule has 14 heavy (non-hydrogen) atoms. The Bertz CT molecular complexity index is 242. The highest BCUT2D eigenvalue weighted by Gasteiger charge is 2.21. The van der Waals surface area contributed by atoms with E-state index < -0.39 is 5.60 Å². The van der Waals surface area contributed by atoms with Crippen LogP contribution in [0.25, 0.3) is 0 Å². The van der Waals surface area contributed by atoms with E-state index in [1.165, 1.54) is 0 Å². The first kappa shape index (κ1) is 11.2. The highest BCUT2D eigenvalue weighted by Crippen LogP contribution is 2.12. The van der Waals surface area contributed by atoms with Gasteiger partial charge in [0.05, 0.1) is 12.1 Å². The number of aromatic nitrogens is 2. The Morgan fingerprint density at radius 1 is 1.50 bits per heavy atom. The van der Waals surface area contributed by atoms with Crippen molar-refractivity contribution >= 4 is 0 Å². The zero-order valence-corrected chi connectivity index (χ0v) is 8.88. The SMILES string of the molecule is CCC(O)(CC)CNCc1ncc[nH]1. The van der Waals surface area contributed by atoms with E-state index in [1.807, 2.05) is 13.8 Å². The molecule has 1 aromatic heterocycles. The molecule has 0 spiro atoms. The van der Waals surface area contributed by atoms with E-state index in [1.54, 1.807) is 12.4 Å². The van der Waals surface area contributed by atoms with Crippen molar-refractivity contribution in [3.05, 3.63) is 18.2 Å². The molecule has 0 radical (unpaired) electrons. The number of hydrogen-bond donors (Lipinski definition) is 3. The van der Waals surface area contributed by atoms with Crippen LogP contribution in [0, 0.1) is 0 Å². The molecule has 0 fully saturated rings. The van der Waals surface area contributed by atoms with Gasteiger partial charge in [0.2, 0.25) is 0 Å². The predicted molar refractivity (Wildman–Crippen MR) is 55.8 cm³/mol. The van der Waals surface area contributed by atoms with Crippen molar-refractivity contribution in [2.24, 2.45) is 0 Å². The van der Waals surface area contributed by atoms with Gasteiger partial charge in [-0.1, -0.05) is 13.8 Å². The summed E-state index contributed by atoms with van der Waals surface area (Å²) in [4.78, 5) is 7.09. The van der Waals surface area contributed by atoms with Gasteiger partial charge < -0.3 is 15.4 Å². The Hall–Kier alpha value is -0.870. The molecule has 0 saturated carbocycles. The summed E-state index contributed by atoms with van der Waals surface area (Å²) in [6.07, 6.45) is 5.06. The Balaban J connectivity index is 2.27. The Morgan fingerprint density at radius 3 is 2.71 bits per heavy atom. The van der Waals surface area contributed by atoms with E-state index in [0.29, 0.717) is 13.1 Å². The van der Waals surface area contributed by atoms with Crippen LogP contribution in [0.2, 0.25) is 0 Å². The van der Waals surface area contributed by atoms with Gasteiger partial charge in [-0.05, 0) is 12.8 Å². The van der Waals surface area contributed by atoms with Crippen molar-refractivity contribution in [2.75, 3.05) is 6.54 Å². The van der Waals surface area contributed by atoms with E-state index in [9.17, 15) is 5.11 Å². The van der Waals surface area contributed by atoms with Gasteiger partial charge >= 0.3 is 0 Å². The molecule has 0 aromatic carbocycles. The number of aromatic amines is 1. The lowest BCUT2D eigenvalue weighted by atomic mass is 9.98. The number of aliphatic hydroxyl groups is 1. The summed E-state index contributed by atoms with van der Waals surface area (Å²) in [5.74, 6) is 0.902. The van der Waals surface area contributed by atoms with Gasteiger partial charge in [0.15, 0.2) is 0 Å². The maximum atomic E-state index is 9.96. The number of imidazole rings is 1. The third kappa shape index (κ3) is 3.12. The fourth-order valence-electron chi connectivity index (χ4n) is 1.31. The van der Waals surface area contributed by atoms with Gasteiger partial charge in [-0.25, -0.2) is 4.98 Å². The highest BCUT2D eigenvalue weighted by atomic mass is 16.3. The molecule has 0 aliphatic heterocycles. The zero-order valence-electron chi connectivity index (χ0n) is 8.88.